The monoisotopic (exact) mass is 315 g/mol. The van der Waals surface area contributed by atoms with Crippen molar-refractivity contribution in [1.29, 1.82) is 0 Å². The van der Waals surface area contributed by atoms with Crippen LogP contribution in [0.1, 0.15) is 27.6 Å². The molecule has 2 rings (SSSR count). The van der Waals surface area contributed by atoms with Crippen LogP contribution in [0.15, 0.2) is 60.3 Å². The predicted molar refractivity (Wildman–Crippen MR) is 86.6 cm³/mol. The number of rotatable bonds is 5. The lowest BCUT2D eigenvalue weighted by Crippen LogP contribution is -2.06. The highest BCUT2D eigenvalue weighted by Crippen LogP contribution is 2.17. The molecule has 0 atom stereocenters. The summed E-state index contributed by atoms with van der Waals surface area (Å²) in [6.45, 7) is 1.70. The Kier molecular flexibility index (Phi) is 4.96. The van der Waals surface area contributed by atoms with Gasteiger partial charge in [0.2, 0.25) is 0 Å². The molecule has 2 aromatic rings. The number of benzene rings is 2. The number of aromatic carboxylic acids is 1. The van der Waals surface area contributed by atoms with Gasteiger partial charge in [0.25, 0.3) is 0 Å². The Bertz CT molecular complexity index is 736. The summed E-state index contributed by atoms with van der Waals surface area (Å²) in [6.07, 6.45) is 1.42. The number of nitrogens with one attached hydrogen (secondary N) is 1. The second kappa shape index (κ2) is 6.91. The topological polar surface area (TPSA) is 66.4 Å². The highest BCUT2D eigenvalue weighted by Gasteiger charge is 2.09. The molecule has 0 aliphatic rings. The van der Waals surface area contributed by atoms with Gasteiger partial charge >= 0.3 is 5.97 Å². The second-order valence-corrected chi connectivity index (χ2v) is 5.11. The quantitative estimate of drug-likeness (QED) is 0.640. The molecule has 5 heteroatoms. The molecule has 2 N–H and O–H groups in total. The Morgan fingerprint density at radius 1 is 1.09 bits per heavy atom. The first kappa shape index (κ1) is 15.8. The van der Waals surface area contributed by atoms with E-state index in [1.807, 2.05) is 0 Å². The van der Waals surface area contributed by atoms with Crippen molar-refractivity contribution in [3.63, 3.8) is 0 Å². The third-order valence-electron chi connectivity index (χ3n) is 2.97. The first-order valence-corrected chi connectivity index (χ1v) is 6.92. The van der Waals surface area contributed by atoms with Gasteiger partial charge in [0.05, 0.1) is 11.3 Å². The molecule has 0 fully saturated rings. The van der Waals surface area contributed by atoms with Crippen LogP contribution in [0.5, 0.6) is 0 Å². The zero-order valence-electron chi connectivity index (χ0n) is 11.8. The Labute approximate surface area is 133 Å². The number of hydrogen-bond acceptors (Lipinski definition) is 3. The third-order valence-corrected chi connectivity index (χ3v) is 3.22. The molecule has 0 radical (unpaired) electrons. The van der Waals surface area contributed by atoms with Gasteiger partial charge in [-0.15, -0.1) is 0 Å². The Hall–Kier alpha value is -2.59. The van der Waals surface area contributed by atoms with Crippen LogP contribution in [0.25, 0.3) is 0 Å². The van der Waals surface area contributed by atoms with Crippen LogP contribution >= 0.6 is 11.6 Å². The highest BCUT2D eigenvalue weighted by molar-refractivity contribution is 6.30. The van der Waals surface area contributed by atoms with E-state index in [0.717, 1.165) is 0 Å². The van der Waals surface area contributed by atoms with Crippen molar-refractivity contribution in [3.05, 3.63) is 76.5 Å². The van der Waals surface area contributed by atoms with Gasteiger partial charge in [-0.2, -0.15) is 0 Å². The lowest BCUT2D eigenvalue weighted by Gasteiger charge is -2.09. The van der Waals surface area contributed by atoms with E-state index in [-0.39, 0.29) is 11.3 Å². The van der Waals surface area contributed by atoms with E-state index in [1.54, 1.807) is 49.4 Å². The van der Waals surface area contributed by atoms with Crippen molar-refractivity contribution in [2.75, 3.05) is 5.32 Å². The summed E-state index contributed by atoms with van der Waals surface area (Å²) in [5, 5.41) is 12.6. The predicted octanol–water partition coefficient (Wildman–Crippen LogP) is 4.24. The van der Waals surface area contributed by atoms with Crippen LogP contribution < -0.4 is 5.32 Å². The summed E-state index contributed by atoms with van der Waals surface area (Å²) in [6, 6.07) is 13.1. The fourth-order valence-electron chi connectivity index (χ4n) is 1.92. The number of carboxylic acids is 1. The maximum atomic E-state index is 12.1. The van der Waals surface area contributed by atoms with E-state index in [2.05, 4.69) is 5.32 Å². The van der Waals surface area contributed by atoms with E-state index >= 15 is 0 Å². The van der Waals surface area contributed by atoms with Crippen molar-refractivity contribution in [1.82, 2.24) is 0 Å². The van der Waals surface area contributed by atoms with Gasteiger partial charge in [-0.05, 0) is 43.3 Å². The number of anilines is 1. The van der Waals surface area contributed by atoms with E-state index in [1.165, 1.54) is 12.1 Å². The lowest BCUT2D eigenvalue weighted by atomic mass is 10.1. The Balaban J connectivity index is 2.18. The molecular formula is C17H14ClNO3. The van der Waals surface area contributed by atoms with Gasteiger partial charge in [-0.1, -0.05) is 23.7 Å². The molecule has 2 aromatic carbocycles. The summed E-state index contributed by atoms with van der Waals surface area (Å²) in [7, 11) is 0. The fraction of sp³-hybridized carbons (Fsp3) is 0.0588. The smallest absolute Gasteiger partial charge is 0.337 e. The normalized spacial score (nSPS) is 11.1. The van der Waals surface area contributed by atoms with E-state index < -0.39 is 5.97 Å². The molecule has 0 saturated heterocycles. The minimum Gasteiger partial charge on any atom is -0.478 e. The van der Waals surface area contributed by atoms with Crippen molar-refractivity contribution in [3.8, 4) is 0 Å². The van der Waals surface area contributed by atoms with Crippen LogP contribution in [-0.2, 0) is 0 Å². The summed E-state index contributed by atoms with van der Waals surface area (Å²) in [5.41, 5.74) is 1.65. The molecule has 22 heavy (non-hydrogen) atoms. The number of halogens is 1. The molecule has 0 amide bonds. The minimum absolute atomic E-state index is 0.147. The summed E-state index contributed by atoms with van der Waals surface area (Å²) < 4.78 is 0. The Morgan fingerprint density at radius 3 is 2.36 bits per heavy atom. The van der Waals surface area contributed by atoms with Crippen molar-refractivity contribution in [2.24, 2.45) is 0 Å². The molecule has 0 unspecified atom stereocenters. The van der Waals surface area contributed by atoms with Gasteiger partial charge in [0, 0.05) is 22.4 Å². The van der Waals surface area contributed by atoms with Crippen LogP contribution in [0.2, 0.25) is 5.02 Å². The van der Waals surface area contributed by atoms with Gasteiger partial charge in [-0.25, -0.2) is 4.79 Å². The average Bonchev–Trinajstić information content (AvgIpc) is 2.48. The Morgan fingerprint density at radius 2 is 1.73 bits per heavy atom. The molecule has 0 aromatic heterocycles. The fourth-order valence-corrected chi connectivity index (χ4v) is 2.05. The van der Waals surface area contributed by atoms with Crippen LogP contribution in [-0.4, -0.2) is 16.9 Å². The molecule has 0 saturated carbocycles. The number of ketones is 1. The minimum atomic E-state index is -1.03. The van der Waals surface area contributed by atoms with E-state index in [4.69, 9.17) is 16.7 Å². The van der Waals surface area contributed by atoms with Crippen molar-refractivity contribution in [2.45, 2.75) is 6.92 Å². The molecule has 0 aliphatic heterocycles. The van der Waals surface area contributed by atoms with Gasteiger partial charge in [-0.3, -0.25) is 4.79 Å². The van der Waals surface area contributed by atoms with E-state index in [0.29, 0.717) is 22.0 Å². The average molecular weight is 316 g/mol. The number of carbonyl (C=O) groups is 2. The third kappa shape index (κ3) is 3.96. The molecular weight excluding hydrogens is 302 g/mol. The first-order chi connectivity index (χ1) is 10.5. The summed E-state index contributed by atoms with van der Waals surface area (Å²) in [4.78, 5) is 23.2. The lowest BCUT2D eigenvalue weighted by molar-refractivity contribution is 0.0698. The number of para-hydroxylation sites is 1. The van der Waals surface area contributed by atoms with Crippen molar-refractivity contribution < 1.29 is 14.7 Å². The van der Waals surface area contributed by atoms with Crippen LogP contribution in [0.4, 0.5) is 5.69 Å². The maximum absolute atomic E-state index is 12.1. The SMILES string of the molecule is C/C(=C\C(=O)c1ccc(Cl)cc1)Nc1ccccc1C(=O)O. The molecule has 4 nitrogen and oxygen atoms in total. The summed E-state index contributed by atoms with van der Waals surface area (Å²) >= 11 is 5.78. The zero-order valence-corrected chi connectivity index (χ0v) is 12.6. The molecule has 0 bridgehead atoms. The standard InChI is InChI=1S/C17H14ClNO3/c1-11(10-16(20)12-6-8-13(18)9-7-12)19-15-5-3-2-4-14(15)17(21)22/h2-10,19H,1H3,(H,21,22)/b11-10+. The van der Waals surface area contributed by atoms with Gasteiger partial charge in [0.15, 0.2) is 5.78 Å². The maximum Gasteiger partial charge on any atom is 0.337 e. The number of carboxylic acid groups (broad SMARTS) is 1. The largest absolute Gasteiger partial charge is 0.478 e. The highest BCUT2D eigenvalue weighted by atomic mass is 35.5. The number of carbonyl (C=O) groups excluding carboxylic acids is 1. The molecule has 0 aliphatic carbocycles. The van der Waals surface area contributed by atoms with Crippen LogP contribution in [0, 0.1) is 0 Å². The number of allylic oxidation sites excluding steroid dienone is 2. The molecule has 0 heterocycles. The van der Waals surface area contributed by atoms with Crippen molar-refractivity contribution >= 4 is 29.0 Å². The second-order valence-electron chi connectivity index (χ2n) is 4.67. The first-order valence-electron chi connectivity index (χ1n) is 6.55. The molecule has 0 spiro atoms. The summed E-state index contributed by atoms with van der Waals surface area (Å²) in [5.74, 6) is -1.21. The van der Waals surface area contributed by atoms with E-state index in [9.17, 15) is 9.59 Å². The zero-order chi connectivity index (χ0) is 16.1. The van der Waals surface area contributed by atoms with Crippen LogP contribution in [0.3, 0.4) is 0 Å². The van der Waals surface area contributed by atoms with Gasteiger partial charge < -0.3 is 10.4 Å². The molecule has 112 valence electrons. The number of hydrogen-bond donors (Lipinski definition) is 2. The van der Waals surface area contributed by atoms with Gasteiger partial charge in [0.1, 0.15) is 0 Å².